The number of carbonyl (C=O) groups excluding carboxylic acids is 1. The molecule has 31 heavy (non-hydrogen) atoms. The van der Waals surface area contributed by atoms with Gasteiger partial charge in [0, 0.05) is 55.3 Å². The number of nitrogens with zero attached hydrogens (tertiary/aromatic N) is 7. The van der Waals surface area contributed by atoms with Crippen LogP contribution in [0.5, 0.6) is 0 Å². The second kappa shape index (κ2) is 6.83. The maximum Gasteiger partial charge on any atom is 0.272 e. The van der Waals surface area contributed by atoms with Crippen LogP contribution in [0.25, 0.3) is 16.8 Å². The summed E-state index contributed by atoms with van der Waals surface area (Å²) in [6, 6.07) is 12.9. The van der Waals surface area contributed by atoms with Crippen LogP contribution in [-0.4, -0.2) is 53.5 Å². The van der Waals surface area contributed by atoms with Gasteiger partial charge in [0.05, 0.1) is 0 Å². The molecule has 1 saturated heterocycles. The molecule has 0 aliphatic carbocycles. The van der Waals surface area contributed by atoms with Crippen LogP contribution >= 0.6 is 0 Å². The van der Waals surface area contributed by atoms with Crippen LogP contribution in [0.15, 0.2) is 59.7 Å². The quantitative estimate of drug-likeness (QED) is 0.495. The molecule has 0 N–H and O–H groups in total. The molecule has 0 unspecified atom stereocenters. The minimum absolute atomic E-state index is 0.00397. The van der Waals surface area contributed by atoms with Gasteiger partial charge in [-0.25, -0.2) is 0 Å². The fourth-order valence-corrected chi connectivity index (χ4v) is 4.91. The zero-order valence-electron chi connectivity index (χ0n) is 16.6. The minimum atomic E-state index is -0.0909. The molecule has 1 amide bonds. The largest absolute Gasteiger partial charge is 0.336 e. The number of carbonyl (C=O) groups is 1. The van der Waals surface area contributed by atoms with Gasteiger partial charge < -0.3 is 9.47 Å². The van der Waals surface area contributed by atoms with E-state index < -0.39 is 0 Å². The molecular formula is C22H19N7O2. The van der Waals surface area contributed by atoms with Crippen LogP contribution in [-0.2, 0) is 6.54 Å². The molecule has 6 rings (SSSR count). The first-order valence-corrected chi connectivity index (χ1v) is 10.3. The average molecular weight is 413 g/mol. The predicted octanol–water partition coefficient (Wildman–Crippen LogP) is 1.61. The molecule has 2 bridgehead atoms. The van der Waals surface area contributed by atoms with Gasteiger partial charge in [-0.3, -0.25) is 14.6 Å². The molecule has 154 valence electrons. The summed E-state index contributed by atoms with van der Waals surface area (Å²) in [4.78, 5) is 32.3. The summed E-state index contributed by atoms with van der Waals surface area (Å²) in [6.45, 7) is 1.80. The summed E-state index contributed by atoms with van der Waals surface area (Å²) in [5.74, 6) is 0.255. The van der Waals surface area contributed by atoms with Gasteiger partial charge in [-0.15, -0.1) is 5.10 Å². The Labute approximate surface area is 177 Å². The van der Waals surface area contributed by atoms with Gasteiger partial charge in [-0.2, -0.15) is 4.52 Å². The van der Waals surface area contributed by atoms with Crippen molar-refractivity contribution in [2.24, 2.45) is 5.92 Å². The van der Waals surface area contributed by atoms with Crippen LogP contribution in [0.2, 0.25) is 0 Å². The Hall–Kier alpha value is -3.88. The standard InChI is InChI=1S/C22H19N7O2/c30-21-9-16(15-3-2-6-23-10-15)8-19-17-7-14(12-28(19)21)11-27(13-17)22(31)18-4-1-5-20-24-25-26-29(18)20/h1-6,8-10,14,17H,7,11-13H2/t14-,17+/m0/s1. The molecule has 9 heteroatoms. The van der Waals surface area contributed by atoms with E-state index in [1.807, 2.05) is 21.6 Å². The van der Waals surface area contributed by atoms with E-state index in [9.17, 15) is 9.59 Å². The third kappa shape index (κ3) is 2.92. The van der Waals surface area contributed by atoms with Crippen LogP contribution in [0.1, 0.15) is 28.5 Å². The number of hydrogen-bond donors (Lipinski definition) is 0. The Morgan fingerprint density at radius 1 is 1.03 bits per heavy atom. The molecule has 2 aliphatic heterocycles. The summed E-state index contributed by atoms with van der Waals surface area (Å²) < 4.78 is 3.36. The lowest BCUT2D eigenvalue weighted by atomic mass is 9.82. The van der Waals surface area contributed by atoms with Crippen molar-refractivity contribution < 1.29 is 4.79 Å². The Bertz CT molecular complexity index is 1360. The first-order chi connectivity index (χ1) is 15.2. The van der Waals surface area contributed by atoms with Crippen molar-refractivity contribution in [1.29, 1.82) is 0 Å². The highest BCUT2D eigenvalue weighted by molar-refractivity contribution is 5.93. The maximum atomic E-state index is 13.3. The highest BCUT2D eigenvalue weighted by Gasteiger charge is 2.37. The van der Waals surface area contributed by atoms with Crippen molar-refractivity contribution in [3.05, 3.63) is 76.6 Å². The molecule has 2 atom stereocenters. The summed E-state index contributed by atoms with van der Waals surface area (Å²) in [7, 11) is 0. The van der Waals surface area contributed by atoms with Crippen molar-refractivity contribution in [3.8, 4) is 11.1 Å². The normalized spacial score (nSPS) is 19.9. The van der Waals surface area contributed by atoms with Crippen molar-refractivity contribution >= 4 is 11.6 Å². The lowest BCUT2D eigenvalue weighted by Crippen LogP contribution is -2.49. The number of hydrogen-bond acceptors (Lipinski definition) is 6. The molecule has 1 fully saturated rings. The summed E-state index contributed by atoms with van der Waals surface area (Å²) in [5.41, 5.74) is 3.76. The van der Waals surface area contributed by atoms with E-state index in [-0.39, 0.29) is 23.3 Å². The first-order valence-electron chi connectivity index (χ1n) is 10.3. The van der Waals surface area contributed by atoms with Crippen LogP contribution in [0.4, 0.5) is 0 Å². The highest BCUT2D eigenvalue weighted by Crippen LogP contribution is 2.37. The lowest BCUT2D eigenvalue weighted by molar-refractivity contribution is 0.0586. The van der Waals surface area contributed by atoms with Crippen molar-refractivity contribution in [2.75, 3.05) is 13.1 Å². The van der Waals surface area contributed by atoms with Gasteiger partial charge in [-0.1, -0.05) is 12.1 Å². The number of likely N-dealkylation sites (tertiary alicyclic amines) is 1. The van der Waals surface area contributed by atoms with Crippen LogP contribution < -0.4 is 5.56 Å². The average Bonchev–Trinajstić information content (AvgIpc) is 3.29. The molecule has 2 aliphatic rings. The first kappa shape index (κ1) is 17.9. The van der Waals surface area contributed by atoms with Crippen molar-refractivity contribution in [1.82, 2.24) is 34.5 Å². The van der Waals surface area contributed by atoms with Crippen molar-refractivity contribution in [2.45, 2.75) is 18.9 Å². The van der Waals surface area contributed by atoms with Gasteiger partial charge in [0.25, 0.3) is 11.5 Å². The summed E-state index contributed by atoms with van der Waals surface area (Å²) in [5, 5.41) is 11.6. The summed E-state index contributed by atoms with van der Waals surface area (Å²) >= 11 is 0. The van der Waals surface area contributed by atoms with E-state index in [4.69, 9.17) is 0 Å². The van der Waals surface area contributed by atoms with E-state index in [0.717, 1.165) is 23.2 Å². The topological polar surface area (TPSA) is 98.3 Å². The third-order valence-electron chi connectivity index (χ3n) is 6.28. The second-order valence-electron chi connectivity index (χ2n) is 8.23. The summed E-state index contributed by atoms with van der Waals surface area (Å²) in [6.07, 6.45) is 4.45. The molecule has 4 aromatic rings. The number of amides is 1. The van der Waals surface area contributed by atoms with Crippen molar-refractivity contribution in [3.63, 3.8) is 0 Å². The van der Waals surface area contributed by atoms with Gasteiger partial charge in [0.15, 0.2) is 5.65 Å². The number of fused-ring (bicyclic) bond motifs is 5. The minimum Gasteiger partial charge on any atom is -0.336 e. The maximum absolute atomic E-state index is 13.3. The van der Waals surface area contributed by atoms with Gasteiger partial charge in [-0.05, 0) is 52.6 Å². The Morgan fingerprint density at radius 3 is 2.84 bits per heavy atom. The second-order valence-corrected chi connectivity index (χ2v) is 8.23. The highest BCUT2D eigenvalue weighted by atomic mass is 16.2. The molecule has 4 aromatic heterocycles. The van der Waals surface area contributed by atoms with Gasteiger partial charge >= 0.3 is 0 Å². The SMILES string of the molecule is O=C(c1cccc2nnnn12)N1C[C@@H]2C[C@H](C1)c1cc(-c3cccnc3)cc(=O)n1C2. The third-order valence-corrected chi connectivity index (χ3v) is 6.28. The molecule has 6 heterocycles. The van der Waals surface area contributed by atoms with E-state index >= 15 is 0 Å². The molecule has 0 radical (unpaired) electrons. The Balaban J connectivity index is 1.36. The fourth-order valence-electron chi connectivity index (χ4n) is 4.91. The van der Waals surface area contributed by atoms with Crippen LogP contribution in [0, 0.1) is 5.92 Å². The number of tetrazole rings is 1. The monoisotopic (exact) mass is 413 g/mol. The number of piperidine rings is 1. The van der Waals surface area contributed by atoms with Gasteiger partial charge in [0.1, 0.15) is 5.69 Å². The van der Waals surface area contributed by atoms with E-state index in [2.05, 4.69) is 26.6 Å². The smallest absolute Gasteiger partial charge is 0.272 e. The molecule has 0 spiro atoms. The molecule has 9 nitrogen and oxygen atoms in total. The molecular weight excluding hydrogens is 394 g/mol. The molecule has 0 saturated carbocycles. The zero-order chi connectivity index (χ0) is 20.9. The van der Waals surface area contributed by atoms with E-state index in [1.54, 1.807) is 36.7 Å². The Kier molecular flexibility index (Phi) is 3.95. The van der Waals surface area contributed by atoms with E-state index in [1.165, 1.54) is 4.52 Å². The Morgan fingerprint density at radius 2 is 1.97 bits per heavy atom. The number of pyridine rings is 3. The van der Waals surface area contributed by atoms with E-state index in [0.29, 0.717) is 31.0 Å². The zero-order valence-corrected chi connectivity index (χ0v) is 16.6. The van der Waals surface area contributed by atoms with Crippen LogP contribution in [0.3, 0.4) is 0 Å². The predicted molar refractivity (Wildman–Crippen MR) is 111 cm³/mol. The van der Waals surface area contributed by atoms with Gasteiger partial charge in [0.2, 0.25) is 0 Å². The number of rotatable bonds is 2. The number of aromatic nitrogens is 6. The lowest BCUT2D eigenvalue weighted by Gasteiger charge is -2.42. The molecule has 0 aromatic carbocycles. The fraction of sp³-hybridized carbons (Fsp3) is 0.273.